The Morgan fingerprint density at radius 2 is 1.66 bits per heavy atom. The number of aromatic nitrogens is 3. The molecule has 0 bridgehead atoms. The summed E-state index contributed by atoms with van der Waals surface area (Å²) in [5, 5.41) is 1.19. The summed E-state index contributed by atoms with van der Waals surface area (Å²) in [7, 11) is 0. The van der Waals surface area contributed by atoms with Gasteiger partial charge >= 0.3 is 6.55 Å². The minimum Gasteiger partial charge on any atom is -0.294 e. The lowest BCUT2D eigenvalue weighted by molar-refractivity contribution is 0.0623. The molecule has 1 fully saturated rings. The number of nitrogens with zero attached hydrogens (tertiary/aromatic N) is 4. The van der Waals surface area contributed by atoms with Crippen LogP contribution in [0.4, 0.5) is 8.78 Å². The van der Waals surface area contributed by atoms with E-state index in [1.807, 2.05) is 25.1 Å². The highest BCUT2D eigenvalue weighted by atomic mass is 32.1. The molecule has 0 saturated carbocycles. The Morgan fingerprint density at radius 1 is 0.966 bits per heavy atom. The highest BCUT2D eigenvalue weighted by Crippen LogP contribution is 2.37. The molecule has 1 saturated heterocycles. The molecule has 2 aromatic carbocycles. The maximum atomic E-state index is 13.8. The van der Waals surface area contributed by atoms with Gasteiger partial charge in [0.25, 0.3) is 0 Å². The number of imidazole rings is 1. The number of hydrogen-bond donors (Lipinski definition) is 0. The normalized spacial score (nSPS) is 17.5. The number of benzene rings is 2. The number of hydrogen-bond acceptors (Lipinski definition) is 4. The Kier molecular flexibility index (Phi) is 4.80. The van der Waals surface area contributed by atoms with E-state index in [9.17, 15) is 8.78 Å². The molecule has 1 aliphatic rings. The number of rotatable bonds is 4. The van der Waals surface area contributed by atoms with Crippen molar-refractivity contribution in [2.24, 2.45) is 0 Å². The lowest BCUT2D eigenvalue weighted by Crippen LogP contribution is -2.36. The predicted octanol–water partition coefficient (Wildman–Crippen LogP) is 5.98. The molecule has 2 aromatic heterocycles. The number of thiazole rings is 1. The summed E-state index contributed by atoms with van der Waals surface area (Å²) in [6.45, 7) is 1.10. The van der Waals surface area contributed by atoms with Crippen molar-refractivity contribution in [2.45, 2.75) is 38.3 Å². The molecule has 150 valence electrons. The van der Waals surface area contributed by atoms with E-state index in [0.29, 0.717) is 22.8 Å². The van der Waals surface area contributed by atoms with Crippen molar-refractivity contribution in [3.63, 3.8) is 0 Å². The van der Waals surface area contributed by atoms with E-state index in [1.54, 1.807) is 29.5 Å². The van der Waals surface area contributed by atoms with Crippen molar-refractivity contribution < 1.29 is 8.78 Å². The summed E-state index contributed by atoms with van der Waals surface area (Å²) in [5.74, 6) is 0.879. The fourth-order valence-corrected chi connectivity index (χ4v) is 5.46. The summed E-state index contributed by atoms with van der Waals surface area (Å²) in [5.41, 5.74) is 2.18. The van der Waals surface area contributed by atoms with Crippen molar-refractivity contribution in [3.8, 4) is 0 Å². The maximum absolute atomic E-state index is 13.8. The standard InChI is InChI=1S/C22H22F2N4S/c1-14(20-25-16-6-2-4-8-18(16)28(20)22(23)24)27-12-10-15(11-13-27)21-26-17-7-3-5-9-19(17)29-21/h2-9,14-15,22H,10-13H2,1H3/t14-/m1/s1. The first-order chi connectivity index (χ1) is 14.1. The quantitative estimate of drug-likeness (QED) is 0.413. The molecule has 1 atom stereocenters. The van der Waals surface area contributed by atoms with Gasteiger partial charge < -0.3 is 0 Å². The monoisotopic (exact) mass is 412 g/mol. The lowest BCUT2D eigenvalue weighted by Gasteiger charge is -2.35. The van der Waals surface area contributed by atoms with Crippen LogP contribution < -0.4 is 0 Å². The molecule has 0 unspecified atom stereocenters. The summed E-state index contributed by atoms with van der Waals surface area (Å²) >= 11 is 1.77. The highest BCUT2D eigenvalue weighted by Gasteiger charge is 2.30. The van der Waals surface area contributed by atoms with Crippen LogP contribution in [0.3, 0.4) is 0 Å². The van der Waals surface area contributed by atoms with Gasteiger partial charge in [-0.15, -0.1) is 11.3 Å². The Bertz CT molecular complexity index is 1110. The molecule has 0 amide bonds. The number of alkyl halides is 2. The summed E-state index contributed by atoms with van der Waals surface area (Å²) in [6, 6.07) is 15.2. The number of fused-ring (bicyclic) bond motifs is 2. The van der Waals surface area contributed by atoms with Crippen LogP contribution in [0.15, 0.2) is 48.5 Å². The van der Waals surface area contributed by atoms with Gasteiger partial charge in [0.05, 0.1) is 32.3 Å². The second-order valence-electron chi connectivity index (χ2n) is 7.61. The van der Waals surface area contributed by atoms with E-state index < -0.39 is 6.55 Å². The Hall–Kier alpha value is -2.38. The second-order valence-corrected chi connectivity index (χ2v) is 8.67. The number of piperidine rings is 1. The van der Waals surface area contributed by atoms with Gasteiger partial charge in [0.2, 0.25) is 0 Å². The van der Waals surface area contributed by atoms with Gasteiger partial charge in [0.1, 0.15) is 5.82 Å². The van der Waals surface area contributed by atoms with Gasteiger partial charge in [-0.2, -0.15) is 8.78 Å². The van der Waals surface area contributed by atoms with Crippen molar-refractivity contribution in [3.05, 3.63) is 59.4 Å². The van der Waals surface area contributed by atoms with Crippen LogP contribution in [0.1, 0.15) is 49.1 Å². The van der Waals surface area contributed by atoms with Crippen LogP contribution in [-0.2, 0) is 0 Å². The first kappa shape index (κ1) is 18.6. The van der Waals surface area contributed by atoms with Crippen LogP contribution in [0.5, 0.6) is 0 Å². The molecule has 0 spiro atoms. The van der Waals surface area contributed by atoms with E-state index in [0.717, 1.165) is 36.0 Å². The number of likely N-dealkylation sites (tertiary alicyclic amines) is 1. The third-order valence-corrected chi connectivity index (χ3v) is 7.13. The molecule has 4 aromatic rings. The van der Waals surface area contributed by atoms with Gasteiger partial charge in [0.15, 0.2) is 0 Å². The summed E-state index contributed by atoms with van der Waals surface area (Å²) in [6.07, 6.45) is 1.97. The van der Waals surface area contributed by atoms with Crippen molar-refractivity contribution in [1.29, 1.82) is 0 Å². The van der Waals surface area contributed by atoms with Crippen molar-refractivity contribution in [2.75, 3.05) is 13.1 Å². The molecule has 0 aliphatic carbocycles. The Morgan fingerprint density at radius 3 is 2.38 bits per heavy atom. The SMILES string of the molecule is C[C@H](c1nc2ccccc2n1C(F)F)N1CCC(c2nc3ccccc3s2)CC1. The third-order valence-electron chi connectivity index (χ3n) is 5.93. The van der Waals surface area contributed by atoms with Crippen LogP contribution in [-0.4, -0.2) is 32.5 Å². The molecule has 29 heavy (non-hydrogen) atoms. The summed E-state index contributed by atoms with van der Waals surface area (Å²) in [4.78, 5) is 11.6. The molecule has 0 N–H and O–H groups in total. The Labute approximate surface area is 171 Å². The minimum absolute atomic E-state index is 0.160. The van der Waals surface area contributed by atoms with Crippen molar-refractivity contribution in [1.82, 2.24) is 19.4 Å². The second kappa shape index (κ2) is 7.46. The Balaban J connectivity index is 1.35. The first-order valence-corrected chi connectivity index (χ1v) is 10.8. The van der Waals surface area contributed by atoms with E-state index in [-0.39, 0.29) is 6.04 Å². The van der Waals surface area contributed by atoms with E-state index >= 15 is 0 Å². The predicted molar refractivity (Wildman–Crippen MR) is 113 cm³/mol. The molecule has 5 rings (SSSR count). The molecule has 3 heterocycles. The lowest BCUT2D eigenvalue weighted by atomic mass is 9.96. The van der Waals surface area contributed by atoms with Gasteiger partial charge in [-0.05, 0) is 57.1 Å². The highest BCUT2D eigenvalue weighted by molar-refractivity contribution is 7.18. The zero-order chi connectivity index (χ0) is 20.0. The topological polar surface area (TPSA) is 34.0 Å². The molecule has 4 nitrogen and oxygen atoms in total. The molecule has 0 radical (unpaired) electrons. The first-order valence-electron chi connectivity index (χ1n) is 9.96. The molecular formula is C22H22F2N4S. The zero-order valence-electron chi connectivity index (χ0n) is 16.1. The average molecular weight is 413 g/mol. The minimum atomic E-state index is -2.60. The fourth-order valence-electron chi connectivity index (χ4n) is 4.32. The molecular weight excluding hydrogens is 390 g/mol. The number of halogens is 2. The zero-order valence-corrected chi connectivity index (χ0v) is 16.9. The van der Waals surface area contributed by atoms with Gasteiger partial charge in [-0.1, -0.05) is 24.3 Å². The third kappa shape index (κ3) is 3.32. The average Bonchev–Trinajstić information content (AvgIpc) is 3.35. The smallest absolute Gasteiger partial charge is 0.294 e. The van der Waals surface area contributed by atoms with E-state index in [2.05, 4.69) is 22.0 Å². The van der Waals surface area contributed by atoms with E-state index in [1.165, 1.54) is 9.71 Å². The van der Waals surface area contributed by atoms with Gasteiger partial charge in [-0.3, -0.25) is 9.47 Å². The van der Waals surface area contributed by atoms with E-state index in [4.69, 9.17) is 4.98 Å². The van der Waals surface area contributed by atoms with Crippen molar-refractivity contribution >= 4 is 32.6 Å². The molecule has 1 aliphatic heterocycles. The van der Waals surface area contributed by atoms with Crippen LogP contribution in [0.25, 0.3) is 21.3 Å². The summed E-state index contributed by atoms with van der Waals surface area (Å²) < 4.78 is 29.9. The largest absolute Gasteiger partial charge is 0.320 e. The molecule has 7 heteroatoms. The van der Waals surface area contributed by atoms with Crippen LogP contribution in [0.2, 0.25) is 0 Å². The number of para-hydroxylation sites is 3. The fraction of sp³-hybridized carbons (Fsp3) is 0.364. The van der Waals surface area contributed by atoms with Crippen LogP contribution >= 0.6 is 11.3 Å². The van der Waals surface area contributed by atoms with Gasteiger partial charge in [-0.25, -0.2) is 9.97 Å². The maximum Gasteiger partial charge on any atom is 0.320 e. The van der Waals surface area contributed by atoms with Crippen LogP contribution in [0, 0.1) is 0 Å². The van der Waals surface area contributed by atoms with Gasteiger partial charge in [0, 0.05) is 5.92 Å².